The second-order valence-electron chi connectivity index (χ2n) is 6.60. The molecule has 0 saturated heterocycles. The van der Waals surface area contributed by atoms with Crippen LogP contribution in [-0.4, -0.2) is 22.5 Å². The zero-order valence-corrected chi connectivity index (χ0v) is 14.1. The van der Waals surface area contributed by atoms with E-state index < -0.39 is 11.5 Å². The van der Waals surface area contributed by atoms with Crippen molar-refractivity contribution in [2.45, 2.75) is 70.3 Å². The molecule has 2 rings (SSSR count). The fourth-order valence-electron chi connectivity index (χ4n) is 3.65. The summed E-state index contributed by atoms with van der Waals surface area (Å²) in [5.74, 6) is -0.648. The first-order valence-electron chi connectivity index (χ1n) is 8.60. The fraction of sp³-hybridized carbons (Fsp3) is 0.579. The van der Waals surface area contributed by atoms with Crippen LogP contribution in [0.15, 0.2) is 24.3 Å². The highest BCUT2D eigenvalue weighted by Crippen LogP contribution is 2.34. The minimum atomic E-state index is -0.864. The number of fused-ring (bicyclic) bond motifs is 1. The third-order valence-electron chi connectivity index (χ3n) is 5.17. The maximum atomic E-state index is 12.5. The van der Waals surface area contributed by atoms with Crippen molar-refractivity contribution in [3.63, 3.8) is 0 Å². The van der Waals surface area contributed by atoms with E-state index in [4.69, 9.17) is 5.11 Å². The first-order chi connectivity index (χ1) is 11.0. The van der Waals surface area contributed by atoms with Crippen LogP contribution in [0.4, 0.5) is 0 Å². The Morgan fingerprint density at radius 2 is 1.96 bits per heavy atom. The van der Waals surface area contributed by atoms with Crippen LogP contribution in [-0.2, 0) is 16.0 Å². The van der Waals surface area contributed by atoms with Gasteiger partial charge in [-0.2, -0.15) is 0 Å². The number of carboxylic acids is 1. The summed E-state index contributed by atoms with van der Waals surface area (Å²) in [5.41, 5.74) is 2.00. The molecule has 2 N–H and O–H groups in total. The molecule has 4 heteroatoms. The number of hydrogen-bond donors (Lipinski definition) is 2. The van der Waals surface area contributed by atoms with Crippen molar-refractivity contribution in [1.82, 2.24) is 5.32 Å². The lowest BCUT2D eigenvalue weighted by molar-refractivity contribution is -0.139. The molecule has 0 aliphatic heterocycles. The number of benzene rings is 1. The molecule has 0 aromatic heterocycles. The number of aryl methyl sites for hydroxylation is 1. The van der Waals surface area contributed by atoms with Gasteiger partial charge in [-0.25, -0.2) is 0 Å². The summed E-state index contributed by atoms with van der Waals surface area (Å²) in [6, 6.07) is 8.35. The molecule has 0 heterocycles. The molecule has 1 aromatic rings. The first-order valence-corrected chi connectivity index (χ1v) is 8.60. The molecule has 0 saturated carbocycles. The van der Waals surface area contributed by atoms with Crippen LogP contribution >= 0.6 is 0 Å². The van der Waals surface area contributed by atoms with E-state index in [9.17, 15) is 9.59 Å². The summed E-state index contributed by atoms with van der Waals surface area (Å²) in [5, 5.41) is 12.1. The number of rotatable bonds is 7. The van der Waals surface area contributed by atoms with Crippen molar-refractivity contribution < 1.29 is 14.7 Å². The van der Waals surface area contributed by atoms with Crippen molar-refractivity contribution in [3.8, 4) is 0 Å². The Bertz CT molecular complexity index is 563. The smallest absolute Gasteiger partial charge is 0.305 e. The van der Waals surface area contributed by atoms with Gasteiger partial charge in [0, 0.05) is 12.0 Å². The molecule has 0 spiro atoms. The molecule has 0 radical (unpaired) electrons. The Labute approximate surface area is 138 Å². The molecule has 1 aliphatic carbocycles. The van der Waals surface area contributed by atoms with E-state index in [1.165, 1.54) is 11.1 Å². The van der Waals surface area contributed by atoms with Gasteiger partial charge in [0.25, 0.3) is 0 Å². The zero-order chi connectivity index (χ0) is 16.9. The highest BCUT2D eigenvalue weighted by molar-refractivity contribution is 5.79. The van der Waals surface area contributed by atoms with Gasteiger partial charge in [-0.15, -0.1) is 0 Å². The lowest BCUT2D eigenvalue weighted by Crippen LogP contribution is -2.49. The summed E-state index contributed by atoms with van der Waals surface area (Å²) in [6.45, 7) is 3.87. The van der Waals surface area contributed by atoms with Gasteiger partial charge in [0.1, 0.15) is 0 Å². The van der Waals surface area contributed by atoms with Gasteiger partial charge < -0.3 is 10.4 Å². The number of carbonyl (C=O) groups excluding carboxylic acids is 1. The maximum absolute atomic E-state index is 12.5. The van der Waals surface area contributed by atoms with E-state index >= 15 is 0 Å². The molecule has 1 unspecified atom stereocenters. The Hall–Kier alpha value is -1.84. The van der Waals surface area contributed by atoms with Crippen molar-refractivity contribution in [2.24, 2.45) is 0 Å². The van der Waals surface area contributed by atoms with Gasteiger partial charge in [0.05, 0.1) is 6.42 Å². The molecule has 0 fully saturated rings. The molecule has 4 nitrogen and oxygen atoms in total. The predicted octanol–water partition coefficient (Wildman–Crippen LogP) is 3.65. The van der Waals surface area contributed by atoms with Crippen LogP contribution in [0.3, 0.4) is 0 Å². The summed E-state index contributed by atoms with van der Waals surface area (Å²) in [6.07, 6.45) is 4.89. The van der Waals surface area contributed by atoms with Crippen molar-refractivity contribution in [1.29, 1.82) is 0 Å². The third kappa shape index (κ3) is 4.34. The van der Waals surface area contributed by atoms with Crippen molar-refractivity contribution in [2.75, 3.05) is 0 Å². The lowest BCUT2D eigenvalue weighted by atomic mass is 9.80. The van der Waals surface area contributed by atoms with E-state index in [0.29, 0.717) is 19.3 Å². The average molecular weight is 317 g/mol. The number of hydrogen-bond acceptors (Lipinski definition) is 2. The van der Waals surface area contributed by atoms with Crippen LogP contribution in [0.5, 0.6) is 0 Å². The number of carboxylic acid groups (broad SMARTS) is 1. The Kier molecular flexibility index (Phi) is 5.80. The van der Waals surface area contributed by atoms with E-state index in [0.717, 1.165) is 19.3 Å². The van der Waals surface area contributed by atoms with E-state index in [1.807, 2.05) is 26.0 Å². The molecule has 1 aliphatic rings. The van der Waals surface area contributed by atoms with Crippen LogP contribution in [0.1, 0.15) is 69.4 Å². The quantitative estimate of drug-likeness (QED) is 0.806. The minimum absolute atomic E-state index is 0.0208. The number of aliphatic carboxylic acids is 1. The second kappa shape index (κ2) is 7.62. The zero-order valence-electron chi connectivity index (χ0n) is 14.1. The molecule has 1 amide bonds. The van der Waals surface area contributed by atoms with Crippen molar-refractivity contribution >= 4 is 11.9 Å². The van der Waals surface area contributed by atoms with Gasteiger partial charge in [-0.1, -0.05) is 38.1 Å². The van der Waals surface area contributed by atoms with Gasteiger partial charge in [0.15, 0.2) is 0 Å². The summed E-state index contributed by atoms with van der Waals surface area (Å²) in [4.78, 5) is 23.6. The molecule has 1 atom stereocenters. The number of amides is 1. The minimum Gasteiger partial charge on any atom is -0.481 e. The van der Waals surface area contributed by atoms with Crippen LogP contribution < -0.4 is 5.32 Å². The fourth-order valence-corrected chi connectivity index (χ4v) is 3.65. The monoisotopic (exact) mass is 317 g/mol. The second-order valence-corrected chi connectivity index (χ2v) is 6.60. The molecule has 126 valence electrons. The molecule has 1 aromatic carbocycles. The van der Waals surface area contributed by atoms with Gasteiger partial charge >= 0.3 is 5.97 Å². The molecular weight excluding hydrogens is 290 g/mol. The molecule has 0 bridgehead atoms. The highest BCUT2D eigenvalue weighted by Gasteiger charge is 2.32. The average Bonchev–Trinajstić information content (AvgIpc) is 2.54. The molecular formula is C19H27NO3. The van der Waals surface area contributed by atoms with Crippen LogP contribution in [0, 0.1) is 0 Å². The lowest BCUT2D eigenvalue weighted by Gasteiger charge is -2.33. The van der Waals surface area contributed by atoms with Crippen LogP contribution in [0.2, 0.25) is 0 Å². The maximum Gasteiger partial charge on any atom is 0.305 e. The van der Waals surface area contributed by atoms with Gasteiger partial charge in [-0.05, 0) is 49.1 Å². The molecule has 23 heavy (non-hydrogen) atoms. The SMILES string of the molecule is CCC(CC)(CC(=O)O)NC(=O)CC1CCCc2ccccc21. The Morgan fingerprint density at radius 3 is 2.61 bits per heavy atom. The summed E-state index contributed by atoms with van der Waals surface area (Å²) in [7, 11) is 0. The number of carbonyl (C=O) groups is 2. The van der Waals surface area contributed by atoms with Crippen molar-refractivity contribution in [3.05, 3.63) is 35.4 Å². The normalized spacial score (nSPS) is 17.4. The number of nitrogens with one attached hydrogen (secondary N) is 1. The standard InChI is InChI=1S/C19H27NO3/c1-3-19(4-2,13-18(22)23)20-17(21)12-15-10-7-9-14-8-5-6-11-16(14)15/h5-6,8,11,15H,3-4,7,9-10,12-13H2,1-2H3,(H,20,21)(H,22,23). The van der Waals surface area contributed by atoms with Gasteiger partial charge in [-0.3, -0.25) is 9.59 Å². The first kappa shape index (κ1) is 17.5. The van der Waals surface area contributed by atoms with E-state index in [1.54, 1.807) is 0 Å². The highest BCUT2D eigenvalue weighted by atomic mass is 16.4. The largest absolute Gasteiger partial charge is 0.481 e. The Morgan fingerprint density at radius 1 is 1.26 bits per heavy atom. The predicted molar refractivity (Wildman–Crippen MR) is 90.4 cm³/mol. The van der Waals surface area contributed by atoms with E-state index in [-0.39, 0.29) is 18.2 Å². The topological polar surface area (TPSA) is 66.4 Å². The van der Waals surface area contributed by atoms with Gasteiger partial charge in [0.2, 0.25) is 5.91 Å². The van der Waals surface area contributed by atoms with Crippen LogP contribution in [0.25, 0.3) is 0 Å². The Balaban J connectivity index is 2.06. The van der Waals surface area contributed by atoms with E-state index in [2.05, 4.69) is 17.4 Å². The third-order valence-corrected chi connectivity index (χ3v) is 5.17. The summed E-state index contributed by atoms with van der Waals surface area (Å²) < 4.78 is 0. The summed E-state index contributed by atoms with van der Waals surface area (Å²) >= 11 is 0.